The first-order valence-corrected chi connectivity index (χ1v) is 7.18. The number of furan rings is 1. The molecule has 2 unspecified atom stereocenters. The van der Waals surface area contributed by atoms with Gasteiger partial charge < -0.3 is 9.73 Å². The van der Waals surface area contributed by atoms with Crippen LogP contribution in [0.15, 0.2) is 41.0 Å². The van der Waals surface area contributed by atoms with Gasteiger partial charge in [-0.2, -0.15) is 0 Å². The van der Waals surface area contributed by atoms with Gasteiger partial charge in [0.25, 0.3) is 0 Å². The lowest BCUT2D eigenvalue weighted by Crippen LogP contribution is -2.32. The SMILES string of the molecule is Cc1ccc(C(C)NCC(c2ccco2)N(C)C)cc1F. The van der Waals surface area contributed by atoms with Crippen LogP contribution in [-0.2, 0) is 0 Å². The summed E-state index contributed by atoms with van der Waals surface area (Å²) in [6.45, 7) is 4.55. The zero-order chi connectivity index (χ0) is 15.4. The second kappa shape index (κ2) is 6.87. The molecular weight excluding hydrogens is 267 g/mol. The van der Waals surface area contributed by atoms with Crippen molar-refractivity contribution in [2.75, 3.05) is 20.6 Å². The van der Waals surface area contributed by atoms with Crippen molar-refractivity contribution in [3.8, 4) is 0 Å². The molecule has 0 bridgehead atoms. The summed E-state index contributed by atoms with van der Waals surface area (Å²) in [7, 11) is 4.04. The van der Waals surface area contributed by atoms with Crippen molar-refractivity contribution >= 4 is 0 Å². The first-order chi connectivity index (χ1) is 9.99. The van der Waals surface area contributed by atoms with E-state index in [1.165, 1.54) is 0 Å². The smallest absolute Gasteiger partial charge is 0.126 e. The van der Waals surface area contributed by atoms with Gasteiger partial charge in [0.2, 0.25) is 0 Å². The number of hydrogen-bond donors (Lipinski definition) is 1. The number of likely N-dealkylation sites (N-methyl/N-ethyl adjacent to an activating group) is 1. The van der Waals surface area contributed by atoms with Crippen LogP contribution in [-0.4, -0.2) is 25.5 Å². The second-order valence-electron chi connectivity index (χ2n) is 5.63. The van der Waals surface area contributed by atoms with E-state index in [-0.39, 0.29) is 17.9 Å². The average Bonchev–Trinajstić information content (AvgIpc) is 2.95. The van der Waals surface area contributed by atoms with Gasteiger partial charge in [-0.1, -0.05) is 12.1 Å². The lowest BCUT2D eigenvalue weighted by Gasteiger charge is -2.25. The number of halogens is 1. The Morgan fingerprint density at radius 3 is 2.62 bits per heavy atom. The number of hydrogen-bond acceptors (Lipinski definition) is 3. The van der Waals surface area contributed by atoms with Gasteiger partial charge in [-0.05, 0) is 57.3 Å². The predicted molar refractivity (Wildman–Crippen MR) is 82.7 cm³/mol. The molecule has 3 nitrogen and oxygen atoms in total. The quantitative estimate of drug-likeness (QED) is 0.879. The van der Waals surface area contributed by atoms with E-state index in [9.17, 15) is 4.39 Å². The third-order valence-corrected chi connectivity index (χ3v) is 3.81. The number of nitrogens with zero attached hydrogens (tertiary/aromatic N) is 1. The van der Waals surface area contributed by atoms with Crippen LogP contribution in [0.4, 0.5) is 4.39 Å². The van der Waals surface area contributed by atoms with E-state index in [2.05, 4.69) is 10.2 Å². The molecule has 1 aromatic carbocycles. The molecule has 1 aromatic heterocycles. The van der Waals surface area contributed by atoms with E-state index in [1.807, 2.05) is 45.3 Å². The Hall–Kier alpha value is -1.65. The van der Waals surface area contributed by atoms with Crippen LogP contribution in [0.25, 0.3) is 0 Å². The van der Waals surface area contributed by atoms with Crippen LogP contribution in [0.3, 0.4) is 0 Å². The van der Waals surface area contributed by atoms with Crippen molar-refractivity contribution in [3.63, 3.8) is 0 Å². The van der Waals surface area contributed by atoms with Crippen molar-refractivity contribution in [3.05, 3.63) is 59.3 Å². The molecule has 114 valence electrons. The Labute approximate surface area is 125 Å². The largest absolute Gasteiger partial charge is 0.468 e. The van der Waals surface area contributed by atoms with Crippen LogP contribution in [0, 0.1) is 12.7 Å². The molecule has 0 aliphatic carbocycles. The van der Waals surface area contributed by atoms with Gasteiger partial charge in [-0.3, -0.25) is 4.90 Å². The Kier molecular flexibility index (Phi) is 5.15. The van der Waals surface area contributed by atoms with Crippen LogP contribution in [0.1, 0.15) is 35.9 Å². The minimum absolute atomic E-state index is 0.0810. The van der Waals surface area contributed by atoms with E-state index < -0.39 is 0 Å². The number of rotatable bonds is 6. The molecule has 2 atom stereocenters. The maximum absolute atomic E-state index is 13.6. The summed E-state index contributed by atoms with van der Waals surface area (Å²) >= 11 is 0. The van der Waals surface area contributed by atoms with Crippen molar-refractivity contribution in [1.82, 2.24) is 10.2 Å². The van der Waals surface area contributed by atoms with Gasteiger partial charge in [0.15, 0.2) is 0 Å². The summed E-state index contributed by atoms with van der Waals surface area (Å²) in [4.78, 5) is 2.11. The summed E-state index contributed by atoms with van der Waals surface area (Å²) in [6, 6.07) is 9.49. The minimum atomic E-state index is -0.156. The highest BCUT2D eigenvalue weighted by molar-refractivity contribution is 5.25. The zero-order valence-electron chi connectivity index (χ0n) is 13.1. The maximum Gasteiger partial charge on any atom is 0.126 e. The summed E-state index contributed by atoms with van der Waals surface area (Å²) in [5, 5.41) is 3.45. The number of benzene rings is 1. The van der Waals surface area contributed by atoms with Gasteiger partial charge in [-0.15, -0.1) is 0 Å². The molecular formula is C17H23FN2O. The molecule has 0 saturated carbocycles. The Morgan fingerprint density at radius 2 is 2.05 bits per heavy atom. The standard InChI is InChI=1S/C17H23FN2O/c1-12-7-8-14(10-15(12)18)13(2)19-11-16(20(3)4)17-6-5-9-21-17/h5-10,13,16,19H,11H2,1-4H3. The third kappa shape index (κ3) is 3.93. The second-order valence-corrected chi connectivity index (χ2v) is 5.63. The molecule has 0 aliphatic rings. The third-order valence-electron chi connectivity index (χ3n) is 3.81. The molecule has 21 heavy (non-hydrogen) atoms. The van der Waals surface area contributed by atoms with Crippen molar-refractivity contribution in [2.45, 2.75) is 25.9 Å². The molecule has 4 heteroatoms. The summed E-state index contributed by atoms with van der Waals surface area (Å²) < 4.78 is 19.1. The Morgan fingerprint density at radius 1 is 1.29 bits per heavy atom. The molecule has 0 radical (unpaired) electrons. The number of nitrogens with one attached hydrogen (secondary N) is 1. The minimum Gasteiger partial charge on any atom is -0.468 e. The maximum atomic E-state index is 13.6. The predicted octanol–water partition coefficient (Wildman–Crippen LogP) is 3.68. The summed E-state index contributed by atoms with van der Waals surface area (Å²) in [6.07, 6.45) is 1.69. The molecule has 0 saturated heterocycles. The van der Waals surface area contributed by atoms with Crippen molar-refractivity contribution in [1.29, 1.82) is 0 Å². The summed E-state index contributed by atoms with van der Waals surface area (Å²) in [5.41, 5.74) is 1.63. The fraction of sp³-hybridized carbons (Fsp3) is 0.412. The highest BCUT2D eigenvalue weighted by Gasteiger charge is 2.18. The van der Waals surface area contributed by atoms with Gasteiger partial charge in [0.05, 0.1) is 12.3 Å². The van der Waals surface area contributed by atoms with E-state index in [0.717, 1.165) is 17.9 Å². The topological polar surface area (TPSA) is 28.4 Å². The lowest BCUT2D eigenvalue weighted by molar-refractivity contribution is 0.245. The molecule has 0 aliphatic heterocycles. The Bertz CT molecular complexity index is 566. The van der Waals surface area contributed by atoms with Crippen molar-refractivity contribution < 1.29 is 8.81 Å². The molecule has 0 amide bonds. The lowest BCUT2D eigenvalue weighted by atomic mass is 10.1. The average molecular weight is 290 g/mol. The van der Waals surface area contributed by atoms with Gasteiger partial charge in [0.1, 0.15) is 11.6 Å². The van der Waals surface area contributed by atoms with Crippen molar-refractivity contribution in [2.24, 2.45) is 0 Å². The van der Waals surface area contributed by atoms with Crippen LogP contribution < -0.4 is 5.32 Å². The van der Waals surface area contributed by atoms with Gasteiger partial charge >= 0.3 is 0 Å². The normalized spacial score (nSPS) is 14.4. The number of aryl methyl sites for hydroxylation is 1. The van der Waals surface area contributed by atoms with Crippen LogP contribution in [0.2, 0.25) is 0 Å². The van der Waals surface area contributed by atoms with Crippen LogP contribution >= 0.6 is 0 Å². The van der Waals surface area contributed by atoms with Crippen LogP contribution in [0.5, 0.6) is 0 Å². The van der Waals surface area contributed by atoms with Gasteiger partial charge in [-0.25, -0.2) is 4.39 Å². The first kappa shape index (κ1) is 15.7. The van der Waals surface area contributed by atoms with E-state index >= 15 is 0 Å². The zero-order valence-corrected chi connectivity index (χ0v) is 13.1. The highest BCUT2D eigenvalue weighted by atomic mass is 19.1. The summed E-state index contributed by atoms with van der Waals surface area (Å²) in [5.74, 6) is 0.770. The molecule has 0 fully saturated rings. The molecule has 1 heterocycles. The fourth-order valence-corrected chi connectivity index (χ4v) is 2.30. The monoisotopic (exact) mass is 290 g/mol. The molecule has 2 rings (SSSR count). The highest BCUT2D eigenvalue weighted by Crippen LogP contribution is 2.20. The molecule has 0 spiro atoms. The van der Waals surface area contributed by atoms with E-state index in [0.29, 0.717) is 5.56 Å². The molecule has 2 aromatic rings. The van der Waals surface area contributed by atoms with E-state index in [1.54, 1.807) is 19.3 Å². The Balaban J connectivity index is 2.01. The van der Waals surface area contributed by atoms with E-state index in [4.69, 9.17) is 4.42 Å². The fourth-order valence-electron chi connectivity index (χ4n) is 2.30. The van der Waals surface area contributed by atoms with Gasteiger partial charge in [0, 0.05) is 12.6 Å². The molecule has 1 N–H and O–H groups in total. The first-order valence-electron chi connectivity index (χ1n) is 7.18.